The molecule has 0 unspecified atom stereocenters. The zero-order chi connectivity index (χ0) is 15.7. The van der Waals surface area contributed by atoms with E-state index in [9.17, 15) is 23.5 Å². The summed E-state index contributed by atoms with van der Waals surface area (Å²) in [5, 5.41) is 8.92. The van der Waals surface area contributed by atoms with Crippen molar-refractivity contribution in [2.45, 2.75) is 33.2 Å². The summed E-state index contributed by atoms with van der Waals surface area (Å²) in [5.74, 6) is -2.98. The highest BCUT2D eigenvalue weighted by Gasteiger charge is 2.23. The van der Waals surface area contributed by atoms with Crippen molar-refractivity contribution in [3.8, 4) is 0 Å². The lowest BCUT2D eigenvalue weighted by Crippen LogP contribution is -2.23. The van der Waals surface area contributed by atoms with E-state index in [-0.39, 0.29) is 23.3 Å². The first kappa shape index (κ1) is 15.2. The van der Waals surface area contributed by atoms with Crippen LogP contribution in [0.15, 0.2) is 16.9 Å². The Hall–Kier alpha value is -2.24. The van der Waals surface area contributed by atoms with E-state index in [2.05, 4.69) is 0 Å². The van der Waals surface area contributed by atoms with Gasteiger partial charge in [0.15, 0.2) is 5.43 Å². The van der Waals surface area contributed by atoms with Crippen LogP contribution in [0.1, 0.15) is 35.8 Å². The van der Waals surface area contributed by atoms with Gasteiger partial charge in [0.2, 0.25) is 0 Å². The Labute approximate surface area is 119 Å². The number of hydrogen-bond donors (Lipinski definition) is 1. The molecule has 0 aliphatic carbocycles. The largest absolute Gasteiger partial charge is 0.477 e. The SMILES string of the molecule is CCCCn1c(C(=O)O)c(C)c(=O)c2c(F)ccc(F)c21. The fourth-order valence-electron chi connectivity index (χ4n) is 2.45. The van der Waals surface area contributed by atoms with Crippen molar-refractivity contribution in [3.63, 3.8) is 0 Å². The van der Waals surface area contributed by atoms with Crippen LogP contribution in [0.2, 0.25) is 0 Å². The van der Waals surface area contributed by atoms with Crippen LogP contribution >= 0.6 is 0 Å². The van der Waals surface area contributed by atoms with E-state index in [0.29, 0.717) is 6.42 Å². The van der Waals surface area contributed by atoms with Crippen LogP contribution in [0.25, 0.3) is 10.9 Å². The molecule has 0 atom stereocenters. The predicted octanol–water partition coefficient (Wildman–Crippen LogP) is 3.09. The van der Waals surface area contributed by atoms with Gasteiger partial charge >= 0.3 is 5.97 Å². The lowest BCUT2D eigenvalue weighted by molar-refractivity contribution is 0.0683. The number of fused-ring (bicyclic) bond motifs is 1. The first-order valence-electron chi connectivity index (χ1n) is 6.64. The highest BCUT2D eigenvalue weighted by Crippen LogP contribution is 2.22. The van der Waals surface area contributed by atoms with Crippen LogP contribution in [0.4, 0.5) is 8.78 Å². The number of carboxylic acids is 1. The van der Waals surface area contributed by atoms with Gasteiger partial charge in [0.1, 0.15) is 17.3 Å². The molecule has 4 nitrogen and oxygen atoms in total. The van der Waals surface area contributed by atoms with Crippen LogP contribution < -0.4 is 5.43 Å². The average Bonchev–Trinajstić information content (AvgIpc) is 2.43. The summed E-state index contributed by atoms with van der Waals surface area (Å²) >= 11 is 0. The molecule has 0 aliphatic rings. The molecular formula is C15H15F2NO3. The van der Waals surface area contributed by atoms with Crippen LogP contribution in [-0.2, 0) is 6.54 Å². The Morgan fingerprint density at radius 1 is 1.29 bits per heavy atom. The number of hydrogen-bond acceptors (Lipinski definition) is 2. The summed E-state index contributed by atoms with van der Waals surface area (Å²) in [6, 6.07) is 1.78. The van der Waals surface area contributed by atoms with Crippen molar-refractivity contribution < 1.29 is 18.7 Å². The maximum Gasteiger partial charge on any atom is 0.352 e. The molecule has 1 heterocycles. The molecule has 0 spiro atoms. The van der Waals surface area contributed by atoms with Gasteiger partial charge < -0.3 is 9.67 Å². The Morgan fingerprint density at radius 2 is 1.90 bits per heavy atom. The summed E-state index contributed by atoms with van der Waals surface area (Å²) in [7, 11) is 0. The van der Waals surface area contributed by atoms with E-state index in [1.807, 2.05) is 6.92 Å². The first-order chi connectivity index (χ1) is 9.90. The summed E-state index contributed by atoms with van der Waals surface area (Å²) < 4.78 is 29.2. The number of carbonyl (C=O) groups is 1. The standard InChI is InChI=1S/C15H15F2NO3/c1-3-4-7-18-12(15(20)21)8(2)14(19)11-9(16)5-6-10(17)13(11)18/h5-6H,3-4,7H2,1-2H3,(H,20,21). The number of unbranched alkanes of at least 4 members (excludes halogenated alkanes) is 1. The summed E-state index contributed by atoms with van der Waals surface area (Å²) in [4.78, 5) is 23.6. The molecule has 0 saturated heterocycles. The summed E-state index contributed by atoms with van der Waals surface area (Å²) in [6.07, 6.45) is 1.34. The van der Waals surface area contributed by atoms with Gasteiger partial charge in [-0.05, 0) is 25.5 Å². The van der Waals surface area contributed by atoms with Crippen molar-refractivity contribution in [1.82, 2.24) is 4.57 Å². The number of halogens is 2. The van der Waals surface area contributed by atoms with Gasteiger partial charge in [-0.2, -0.15) is 0 Å². The van der Waals surface area contributed by atoms with Crippen molar-refractivity contribution in [2.24, 2.45) is 0 Å². The molecule has 6 heteroatoms. The zero-order valence-corrected chi connectivity index (χ0v) is 11.7. The highest BCUT2D eigenvalue weighted by atomic mass is 19.1. The van der Waals surface area contributed by atoms with E-state index >= 15 is 0 Å². The van der Waals surface area contributed by atoms with E-state index in [1.165, 1.54) is 11.5 Å². The molecule has 0 aliphatic heterocycles. The molecule has 21 heavy (non-hydrogen) atoms. The number of aromatic nitrogens is 1. The summed E-state index contributed by atoms with van der Waals surface area (Å²) in [5.41, 5.74) is -1.44. The van der Waals surface area contributed by atoms with Gasteiger partial charge in [-0.3, -0.25) is 4.79 Å². The second-order valence-electron chi connectivity index (χ2n) is 4.87. The monoisotopic (exact) mass is 295 g/mol. The quantitative estimate of drug-likeness (QED) is 0.943. The molecule has 2 rings (SSSR count). The van der Waals surface area contributed by atoms with Gasteiger partial charge in [0.25, 0.3) is 0 Å². The number of benzene rings is 1. The number of carboxylic acid groups (broad SMARTS) is 1. The molecule has 1 N–H and O–H groups in total. The van der Waals surface area contributed by atoms with Crippen LogP contribution in [0.5, 0.6) is 0 Å². The third-order valence-electron chi connectivity index (χ3n) is 3.48. The van der Waals surface area contributed by atoms with Crippen molar-refractivity contribution in [3.05, 3.63) is 45.2 Å². The molecular weight excluding hydrogens is 280 g/mol. The Kier molecular flexibility index (Phi) is 4.06. The minimum absolute atomic E-state index is 0.0874. The molecule has 0 radical (unpaired) electrons. The lowest BCUT2D eigenvalue weighted by atomic mass is 10.1. The average molecular weight is 295 g/mol. The molecule has 0 fully saturated rings. The lowest BCUT2D eigenvalue weighted by Gasteiger charge is -2.17. The minimum Gasteiger partial charge on any atom is -0.477 e. The number of rotatable bonds is 4. The number of pyridine rings is 1. The fraction of sp³-hybridized carbons (Fsp3) is 0.333. The van der Waals surface area contributed by atoms with Crippen molar-refractivity contribution >= 4 is 16.9 Å². The topological polar surface area (TPSA) is 59.3 Å². The van der Waals surface area contributed by atoms with E-state index in [1.54, 1.807) is 0 Å². The van der Waals surface area contributed by atoms with Crippen LogP contribution in [0.3, 0.4) is 0 Å². The number of nitrogens with zero attached hydrogens (tertiary/aromatic N) is 1. The molecule has 2 aromatic rings. The first-order valence-corrected chi connectivity index (χ1v) is 6.64. The molecule has 0 bridgehead atoms. The molecule has 1 aromatic heterocycles. The van der Waals surface area contributed by atoms with Gasteiger partial charge in [0, 0.05) is 12.1 Å². The van der Waals surface area contributed by atoms with E-state index < -0.39 is 28.4 Å². The van der Waals surface area contributed by atoms with Crippen molar-refractivity contribution in [2.75, 3.05) is 0 Å². The van der Waals surface area contributed by atoms with Gasteiger partial charge in [0.05, 0.1) is 10.9 Å². The van der Waals surface area contributed by atoms with Crippen LogP contribution in [0, 0.1) is 18.6 Å². The van der Waals surface area contributed by atoms with E-state index in [0.717, 1.165) is 18.6 Å². The van der Waals surface area contributed by atoms with Gasteiger partial charge in [-0.15, -0.1) is 0 Å². The predicted molar refractivity (Wildman–Crippen MR) is 74.7 cm³/mol. The third kappa shape index (κ3) is 2.41. The zero-order valence-electron chi connectivity index (χ0n) is 11.7. The maximum absolute atomic E-state index is 14.1. The molecule has 1 aromatic carbocycles. The Balaban J connectivity index is 3.02. The second-order valence-corrected chi connectivity index (χ2v) is 4.87. The maximum atomic E-state index is 14.1. The number of aryl methyl sites for hydroxylation is 1. The normalized spacial score (nSPS) is 11.0. The highest BCUT2D eigenvalue weighted by molar-refractivity contribution is 5.92. The van der Waals surface area contributed by atoms with Gasteiger partial charge in [-0.25, -0.2) is 13.6 Å². The fourth-order valence-corrected chi connectivity index (χ4v) is 2.45. The van der Waals surface area contributed by atoms with Crippen molar-refractivity contribution in [1.29, 1.82) is 0 Å². The molecule has 0 amide bonds. The Morgan fingerprint density at radius 3 is 2.48 bits per heavy atom. The molecule has 112 valence electrons. The third-order valence-corrected chi connectivity index (χ3v) is 3.48. The summed E-state index contributed by atoms with van der Waals surface area (Å²) in [6.45, 7) is 3.42. The number of aromatic carboxylic acids is 1. The Bertz CT molecular complexity index is 781. The van der Waals surface area contributed by atoms with E-state index in [4.69, 9.17) is 0 Å². The minimum atomic E-state index is -1.33. The molecule has 0 saturated carbocycles. The smallest absolute Gasteiger partial charge is 0.352 e. The van der Waals surface area contributed by atoms with Crippen LogP contribution in [-0.4, -0.2) is 15.6 Å². The second kappa shape index (κ2) is 5.63. The van der Waals surface area contributed by atoms with Gasteiger partial charge in [-0.1, -0.05) is 13.3 Å².